The maximum Gasteiger partial charge on any atom is 0.139 e. The third-order valence-corrected chi connectivity index (χ3v) is 3.09. The van der Waals surface area contributed by atoms with Crippen LogP contribution in [0.5, 0.6) is 0 Å². The number of nitrogens with one attached hydrogen (secondary N) is 2. The van der Waals surface area contributed by atoms with E-state index in [-0.39, 0.29) is 0 Å². The van der Waals surface area contributed by atoms with Gasteiger partial charge in [-0.3, -0.25) is 0 Å². The molecule has 1 aliphatic carbocycles. The first-order valence-corrected chi connectivity index (χ1v) is 5.58. The molecule has 2 heterocycles. The van der Waals surface area contributed by atoms with Crippen molar-refractivity contribution in [1.82, 2.24) is 9.97 Å². The lowest BCUT2D eigenvalue weighted by molar-refractivity contribution is 0.890. The minimum absolute atomic E-state index is 0.697. The van der Waals surface area contributed by atoms with Gasteiger partial charge in [-0.25, -0.2) is 4.98 Å². The Morgan fingerprint density at radius 3 is 3.20 bits per heavy atom. The second-order valence-electron chi connectivity index (χ2n) is 4.05. The molecule has 0 bridgehead atoms. The summed E-state index contributed by atoms with van der Waals surface area (Å²) < 4.78 is 0. The van der Waals surface area contributed by atoms with Gasteiger partial charge in [0, 0.05) is 18.1 Å². The van der Waals surface area contributed by atoms with E-state index in [0.717, 1.165) is 29.2 Å². The molecule has 0 radical (unpaired) electrons. The molecule has 4 heteroatoms. The van der Waals surface area contributed by atoms with Crippen LogP contribution in [0.3, 0.4) is 0 Å². The van der Waals surface area contributed by atoms with Gasteiger partial charge in [-0.1, -0.05) is 11.6 Å². The molecule has 0 spiro atoms. The maximum atomic E-state index is 6.13. The van der Waals surface area contributed by atoms with E-state index in [0.29, 0.717) is 5.02 Å². The lowest BCUT2D eigenvalue weighted by Crippen LogP contribution is -2.04. The second-order valence-corrected chi connectivity index (χ2v) is 4.45. The van der Waals surface area contributed by atoms with E-state index in [9.17, 15) is 0 Å². The third kappa shape index (κ3) is 1.67. The Kier molecular flexibility index (Phi) is 2.06. The van der Waals surface area contributed by atoms with Gasteiger partial charge in [-0.15, -0.1) is 0 Å². The lowest BCUT2D eigenvalue weighted by Gasteiger charge is -2.08. The second kappa shape index (κ2) is 3.42. The van der Waals surface area contributed by atoms with Crippen molar-refractivity contribution in [3.63, 3.8) is 0 Å². The van der Waals surface area contributed by atoms with Crippen LogP contribution in [-0.4, -0.2) is 16.5 Å². The van der Waals surface area contributed by atoms with Gasteiger partial charge in [0.25, 0.3) is 0 Å². The van der Waals surface area contributed by atoms with Gasteiger partial charge in [-0.05, 0) is 24.8 Å². The molecule has 78 valence electrons. The summed E-state index contributed by atoms with van der Waals surface area (Å²) in [7, 11) is 0. The summed E-state index contributed by atoms with van der Waals surface area (Å²) in [6.07, 6.45) is 6.25. The molecule has 1 fully saturated rings. The number of hydrogen-bond donors (Lipinski definition) is 2. The highest BCUT2D eigenvalue weighted by Gasteiger charge is 2.21. The minimum atomic E-state index is 0.697. The average Bonchev–Trinajstić information content (AvgIpc) is 2.93. The number of fused-ring (bicyclic) bond motifs is 1. The van der Waals surface area contributed by atoms with E-state index < -0.39 is 0 Å². The third-order valence-electron chi connectivity index (χ3n) is 2.80. The van der Waals surface area contributed by atoms with E-state index in [1.165, 1.54) is 12.8 Å². The Bertz CT molecular complexity index is 488. The number of aromatic amines is 1. The highest BCUT2D eigenvalue weighted by atomic mass is 35.5. The predicted octanol–water partition coefficient (Wildman–Crippen LogP) is 3.04. The van der Waals surface area contributed by atoms with Crippen molar-refractivity contribution in [1.29, 1.82) is 0 Å². The van der Waals surface area contributed by atoms with Gasteiger partial charge in [0.1, 0.15) is 5.65 Å². The molecule has 1 aliphatic rings. The largest absolute Gasteiger partial charge is 0.383 e. The molecule has 0 saturated heterocycles. The molecule has 3 nitrogen and oxygen atoms in total. The van der Waals surface area contributed by atoms with Gasteiger partial charge in [0.2, 0.25) is 0 Å². The Morgan fingerprint density at radius 2 is 2.40 bits per heavy atom. The number of hydrogen-bond acceptors (Lipinski definition) is 2. The fourth-order valence-corrected chi connectivity index (χ4v) is 1.95. The Balaban J connectivity index is 1.97. The van der Waals surface area contributed by atoms with Crippen molar-refractivity contribution in [2.75, 3.05) is 11.9 Å². The number of pyridine rings is 1. The van der Waals surface area contributed by atoms with Crippen LogP contribution in [-0.2, 0) is 0 Å². The molecule has 2 aromatic heterocycles. The van der Waals surface area contributed by atoms with Crippen LogP contribution in [0.15, 0.2) is 18.5 Å². The van der Waals surface area contributed by atoms with E-state index in [2.05, 4.69) is 15.3 Å². The van der Waals surface area contributed by atoms with Crippen molar-refractivity contribution in [2.24, 2.45) is 5.92 Å². The van der Waals surface area contributed by atoms with Gasteiger partial charge in [-0.2, -0.15) is 0 Å². The summed E-state index contributed by atoms with van der Waals surface area (Å²) in [6, 6.07) is 2.00. The van der Waals surface area contributed by atoms with Crippen molar-refractivity contribution < 1.29 is 0 Å². The van der Waals surface area contributed by atoms with Crippen molar-refractivity contribution >= 4 is 28.3 Å². The lowest BCUT2D eigenvalue weighted by atomic mass is 10.2. The van der Waals surface area contributed by atoms with Crippen LogP contribution in [0.1, 0.15) is 12.8 Å². The minimum Gasteiger partial charge on any atom is -0.383 e. The van der Waals surface area contributed by atoms with Crippen LogP contribution < -0.4 is 5.32 Å². The van der Waals surface area contributed by atoms with Crippen molar-refractivity contribution in [3.8, 4) is 0 Å². The molecule has 15 heavy (non-hydrogen) atoms. The molecule has 0 aliphatic heterocycles. The summed E-state index contributed by atoms with van der Waals surface area (Å²) >= 11 is 6.13. The molecular weight excluding hydrogens is 210 g/mol. The summed E-state index contributed by atoms with van der Waals surface area (Å²) in [4.78, 5) is 7.30. The SMILES string of the molecule is Clc1cnc2[nH]ccc2c1NCC1CC1. The van der Waals surface area contributed by atoms with E-state index in [1.807, 2.05) is 12.3 Å². The zero-order chi connectivity index (χ0) is 10.3. The van der Waals surface area contributed by atoms with Gasteiger partial charge < -0.3 is 10.3 Å². The zero-order valence-corrected chi connectivity index (χ0v) is 9.01. The number of H-pyrrole nitrogens is 1. The molecule has 1 saturated carbocycles. The van der Waals surface area contributed by atoms with E-state index >= 15 is 0 Å². The Labute approximate surface area is 92.8 Å². The van der Waals surface area contributed by atoms with Crippen LogP contribution in [0.25, 0.3) is 11.0 Å². The molecule has 3 rings (SSSR count). The Morgan fingerprint density at radius 1 is 1.53 bits per heavy atom. The van der Waals surface area contributed by atoms with Crippen molar-refractivity contribution in [2.45, 2.75) is 12.8 Å². The fourth-order valence-electron chi connectivity index (χ4n) is 1.73. The van der Waals surface area contributed by atoms with Crippen LogP contribution in [0.4, 0.5) is 5.69 Å². The van der Waals surface area contributed by atoms with Gasteiger partial charge in [0.05, 0.1) is 16.9 Å². The molecule has 0 atom stereocenters. The average molecular weight is 222 g/mol. The van der Waals surface area contributed by atoms with E-state index in [4.69, 9.17) is 11.6 Å². The summed E-state index contributed by atoms with van der Waals surface area (Å²) in [5.74, 6) is 0.836. The maximum absolute atomic E-state index is 6.13. The molecule has 2 N–H and O–H groups in total. The molecule has 2 aromatic rings. The fraction of sp³-hybridized carbons (Fsp3) is 0.364. The van der Waals surface area contributed by atoms with Crippen LogP contribution >= 0.6 is 11.6 Å². The summed E-state index contributed by atoms with van der Waals surface area (Å²) in [5.41, 5.74) is 1.90. The number of aromatic nitrogens is 2. The number of halogens is 1. The first-order chi connectivity index (χ1) is 7.34. The quantitative estimate of drug-likeness (QED) is 0.837. The number of rotatable bonds is 3. The Hall–Kier alpha value is -1.22. The normalized spacial score (nSPS) is 15.8. The smallest absolute Gasteiger partial charge is 0.139 e. The molecular formula is C11H12ClN3. The summed E-state index contributed by atoms with van der Waals surface area (Å²) in [6.45, 7) is 1.02. The predicted molar refractivity (Wildman–Crippen MR) is 62.3 cm³/mol. The van der Waals surface area contributed by atoms with Gasteiger partial charge in [0.15, 0.2) is 0 Å². The number of nitrogens with zero attached hydrogens (tertiary/aromatic N) is 1. The summed E-state index contributed by atoms with van der Waals surface area (Å²) in [5, 5.41) is 5.18. The van der Waals surface area contributed by atoms with E-state index in [1.54, 1.807) is 6.20 Å². The first-order valence-electron chi connectivity index (χ1n) is 5.20. The highest BCUT2D eigenvalue weighted by Crippen LogP contribution is 2.33. The highest BCUT2D eigenvalue weighted by molar-refractivity contribution is 6.34. The molecule has 0 aromatic carbocycles. The zero-order valence-electron chi connectivity index (χ0n) is 8.26. The molecule has 0 amide bonds. The first kappa shape index (κ1) is 9.04. The standard InChI is InChI=1S/C11H12ClN3/c12-9-6-15-11-8(3-4-13-11)10(9)14-5-7-1-2-7/h3-4,6-7H,1-2,5H2,(H2,13,14,15). The van der Waals surface area contributed by atoms with Gasteiger partial charge >= 0.3 is 0 Å². The molecule has 0 unspecified atom stereocenters. The number of anilines is 1. The monoisotopic (exact) mass is 221 g/mol. The topological polar surface area (TPSA) is 40.7 Å². The van der Waals surface area contributed by atoms with Crippen LogP contribution in [0, 0.1) is 5.92 Å². The van der Waals surface area contributed by atoms with Crippen LogP contribution in [0.2, 0.25) is 5.02 Å². The van der Waals surface area contributed by atoms with Crippen molar-refractivity contribution in [3.05, 3.63) is 23.5 Å².